The molecule has 0 aromatic heterocycles. The Morgan fingerprint density at radius 1 is 1.53 bits per heavy atom. The minimum atomic E-state index is 0.0116. The molecule has 0 aromatic carbocycles. The number of rotatable bonds is 4. The van der Waals surface area contributed by atoms with Gasteiger partial charge in [0, 0.05) is 18.3 Å². The second-order valence-corrected chi connectivity index (χ2v) is 3.83. The largest absolute Gasteiger partial charge is 0.306 e. The Hall–Kier alpha value is -1.57. The Morgan fingerprint density at radius 2 is 2.27 bits per heavy atom. The summed E-state index contributed by atoms with van der Waals surface area (Å²) in [7, 11) is 0. The summed E-state index contributed by atoms with van der Waals surface area (Å²) in [6.45, 7) is 8.72. The highest BCUT2D eigenvalue weighted by Crippen LogP contribution is 2.10. The van der Waals surface area contributed by atoms with Gasteiger partial charge in [0.1, 0.15) is 0 Å². The van der Waals surface area contributed by atoms with Crippen molar-refractivity contribution in [2.45, 2.75) is 13.8 Å². The molecule has 80 valence electrons. The van der Waals surface area contributed by atoms with E-state index in [4.69, 9.17) is 0 Å². The molecular formula is C13H17NO. The molecule has 2 nitrogen and oxygen atoms in total. The summed E-state index contributed by atoms with van der Waals surface area (Å²) >= 11 is 0. The van der Waals surface area contributed by atoms with Gasteiger partial charge in [-0.2, -0.15) is 0 Å². The van der Waals surface area contributed by atoms with E-state index in [1.165, 1.54) is 0 Å². The van der Waals surface area contributed by atoms with Gasteiger partial charge in [-0.15, -0.1) is 0 Å². The molecule has 0 spiro atoms. The third-order valence-electron chi connectivity index (χ3n) is 2.06. The topological polar surface area (TPSA) is 20.3 Å². The predicted molar refractivity (Wildman–Crippen MR) is 63.1 cm³/mol. The highest BCUT2D eigenvalue weighted by molar-refractivity contribution is 5.91. The van der Waals surface area contributed by atoms with E-state index >= 15 is 0 Å². The fourth-order valence-electron chi connectivity index (χ4n) is 1.24. The van der Waals surface area contributed by atoms with Gasteiger partial charge in [0.15, 0.2) is 0 Å². The van der Waals surface area contributed by atoms with Crippen LogP contribution in [0.1, 0.15) is 13.8 Å². The summed E-state index contributed by atoms with van der Waals surface area (Å²) < 4.78 is 0. The van der Waals surface area contributed by atoms with Crippen molar-refractivity contribution in [2.24, 2.45) is 5.92 Å². The molecule has 0 saturated heterocycles. The van der Waals surface area contributed by atoms with E-state index in [9.17, 15) is 4.79 Å². The summed E-state index contributed by atoms with van der Waals surface area (Å²) in [6, 6.07) is 0. The number of amides is 1. The van der Waals surface area contributed by atoms with E-state index in [-0.39, 0.29) is 5.91 Å². The van der Waals surface area contributed by atoms with Gasteiger partial charge in [-0.25, -0.2) is 0 Å². The molecule has 0 unspecified atom stereocenters. The Morgan fingerprint density at radius 3 is 2.80 bits per heavy atom. The molecule has 2 heteroatoms. The molecule has 1 rings (SSSR count). The molecule has 0 radical (unpaired) electrons. The van der Waals surface area contributed by atoms with Crippen molar-refractivity contribution in [3.05, 3.63) is 48.7 Å². The standard InChI is InChI=1S/C13H17NO/c1-11(2)7-4-5-8-12(3)14-10-6-9-13(14)15/h4-9,11H,3,10H2,1-2H3/b7-4+,8-5-. The maximum atomic E-state index is 11.3. The average Bonchev–Trinajstić information content (AvgIpc) is 2.58. The van der Waals surface area contributed by atoms with Crippen molar-refractivity contribution in [1.29, 1.82) is 0 Å². The first-order valence-corrected chi connectivity index (χ1v) is 5.13. The average molecular weight is 203 g/mol. The van der Waals surface area contributed by atoms with Crippen molar-refractivity contribution in [3.8, 4) is 0 Å². The number of hydrogen-bond acceptors (Lipinski definition) is 1. The number of carbonyl (C=O) groups excluding carboxylic acids is 1. The van der Waals surface area contributed by atoms with E-state index in [1.54, 1.807) is 11.0 Å². The zero-order valence-corrected chi connectivity index (χ0v) is 9.31. The Kier molecular flexibility index (Phi) is 4.10. The first kappa shape index (κ1) is 11.5. The molecule has 0 N–H and O–H groups in total. The lowest BCUT2D eigenvalue weighted by atomic mass is 10.2. The predicted octanol–water partition coefficient (Wildman–Crippen LogP) is 2.67. The normalized spacial score (nSPS) is 16.5. The van der Waals surface area contributed by atoms with Gasteiger partial charge in [0.2, 0.25) is 0 Å². The van der Waals surface area contributed by atoms with Crippen LogP contribution in [0.3, 0.4) is 0 Å². The van der Waals surface area contributed by atoms with Crippen LogP contribution < -0.4 is 0 Å². The maximum Gasteiger partial charge on any atom is 0.250 e. The quantitative estimate of drug-likeness (QED) is 0.643. The Bertz CT molecular complexity index is 334. The van der Waals surface area contributed by atoms with Crippen molar-refractivity contribution in [2.75, 3.05) is 6.54 Å². The number of hydrogen-bond donors (Lipinski definition) is 0. The Labute approximate surface area is 91.3 Å². The minimum absolute atomic E-state index is 0.0116. The second-order valence-electron chi connectivity index (χ2n) is 3.83. The van der Waals surface area contributed by atoms with Crippen molar-refractivity contribution >= 4 is 5.91 Å². The molecule has 0 aromatic rings. The number of allylic oxidation sites excluding steroid dienone is 4. The fraction of sp³-hybridized carbons (Fsp3) is 0.308. The monoisotopic (exact) mass is 203 g/mol. The fourth-order valence-corrected chi connectivity index (χ4v) is 1.24. The van der Waals surface area contributed by atoms with Crippen LogP contribution in [0.2, 0.25) is 0 Å². The van der Waals surface area contributed by atoms with Crippen molar-refractivity contribution in [3.63, 3.8) is 0 Å². The van der Waals surface area contributed by atoms with Crippen LogP contribution in [0, 0.1) is 5.92 Å². The molecular weight excluding hydrogens is 186 g/mol. The molecule has 0 fully saturated rings. The first-order valence-electron chi connectivity index (χ1n) is 5.13. The first-order chi connectivity index (χ1) is 7.11. The molecule has 0 bridgehead atoms. The molecule has 1 amide bonds. The lowest BCUT2D eigenvalue weighted by Gasteiger charge is -2.14. The molecule has 1 aliphatic heterocycles. The Balaban J connectivity index is 2.46. The molecule has 1 aliphatic rings. The van der Waals surface area contributed by atoms with Gasteiger partial charge >= 0.3 is 0 Å². The molecule has 0 atom stereocenters. The van der Waals surface area contributed by atoms with Crippen LogP contribution in [0.25, 0.3) is 0 Å². The van der Waals surface area contributed by atoms with Gasteiger partial charge in [0.05, 0.1) is 0 Å². The second kappa shape index (κ2) is 5.35. The van der Waals surface area contributed by atoms with Crippen LogP contribution in [0.4, 0.5) is 0 Å². The van der Waals surface area contributed by atoms with E-state index in [2.05, 4.69) is 26.5 Å². The van der Waals surface area contributed by atoms with Gasteiger partial charge in [-0.05, 0) is 12.0 Å². The van der Waals surface area contributed by atoms with Gasteiger partial charge in [-0.3, -0.25) is 4.79 Å². The van der Waals surface area contributed by atoms with Gasteiger partial charge < -0.3 is 4.90 Å². The summed E-state index contributed by atoms with van der Waals surface area (Å²) in [5.41, 5.74) is 0.735. The van der Waals surface area contributed by atoms with Crippen molar-refractivity contribution in [1.82, 2.24) is 4.90 Å². The third kappa shape index (κ3) is 3.58. The van der Waals surface area contributed by atoms with E-state index in [0.29, 0.717) is 12.5 Å². The van der Waals surface area contributed by atoms with E-state index < -0.39 is 0 Å². The van der Waals surface area contributed by atoms with Crippen LogP contribution in [-0.4, -0.2) is 17.4 Å². The lowest BCUT2D eigenvalue weighted by molar-refractivity contribution is -0.122. The van der Waals surface area contributed by atoms with Gasteiger partial charge in [-0.1, -0.05) is 44.7 Å². The molecule has 0 saturated carbocycles. The van der Waals surface area contributed by atoms with Crippen molar-refractivity contribution < 1.29 is 4.79 Å². The lowest BCUT2D eigenvalue weighted by Crippen LogP contribution is -2.22. The zero-order chi connectivity index (χ0) is 11.3. The summed E-state index contributed by atoms with van der Waals surface area (Å²) in [6.07, 6.45) is 11.2. The highest BCUT2D eigenvalue weighted by atomic mass is 16.2. The van der Waals surface area contributed by atoms with Crippen LogP contribution in [0.5, 0.6) is 0 Å². The third-order valence-corrected chi connectivity index (χ3v) is 2.06. The number of carbonyl (C=O) groups is 1. The SMILES string of the molecule is C=C(/C=C\C=C\C(C)C)N1CC=CC1=O. The van der Waals surface area contributed by atoms with E-state index in [0.717, 1.165) is 5.70 Å². The summed E-state index contributed by atoms with van der Waals surface area (Å²) in [4.78, 5) is 12.9. The van der Waals surface area contributed by atoms with E-state index in [1.807, 2.05) is 24.3 Å². The number of nitrogens with zero attached hydrogens (tertiary/aromatic N) is 1. The minimum Gasteiger partial charge on any atom is -0.306 e. The molecule has 0 aliphatic carbocycles. The zero-order valence-electron chi connectivity index (χ0n) is 9.31. The highest BCUT2D eigenvalue weighted by Gasteiger charge is 2.15. The maximum absolute atomic E-state index is 11.3. The van der Waals surface area contributed by atoms with Crippen LogP contribution in [0.15, 0.2) is 48.7 Å². The molecule has 15 heavy (non-hydrogen) atoms. The summed E-state index contributed by atoms with van der Waals surface area (Å²) in [5.74, 6) is 0.551. The van der Waals surface area contributed by atoms with Crippen LogP contribution in [-0.2, 0) is 4.79 Å². The summed E-state index contributed by atoms with van der Waals surface area (Å²) in [5, 5.41) is 0. The van der Waals surface area contributed by atoms with Gasteiger partial charge in [0.25, 0.3) is 5.91 Å². The molecule has 1 heterocycles. The smallest absolute Gasteiger partial charge is 0.250 e. The van der Waals surface area contributed by atoms with Crippen LogP contribution >= 0.6 is 0 Å².